The van der Waals surface area contributed by atoms with Gasteiger partial charge in [0.1, 0.15) is 0 Å². The second kappa shape index (κ2) is 7.24. The van der Waals surface area contributed by atoms with E-state index >= 15 is 0 Å². The molecule has 0 spiro atoms. The number of carbonyl (C=O) groups excluding carboxylic acids is 2. The van der Waals surface area contributed by atoms with Crippen molar-refractivity contribution in [2.24, 2.45) is 0 Å². The Morgan fingerprint density at radius 1 is 1.22 bits per heavy atom. The van der Waals surface area contributed by atoms with Crippen molar-refractivity contribution in [3.8, 4) is 0 Å². The van der Waals surface area contributed by atoms with E-state index in [1.54, 1.807) is 11.0 Å². The minimum atomic E-state index is -0.503. The van der Waals surface area contributed by atoms with E-state index in [2.05, 4.69) is 0 Å². The van der Waals surface area contributed by atoms with Crippen molar-refractivity contribution in [2.75, 3.05) is 18.1 Å². The van der Waals surface area contributed by atoms with Crippen LogP contribution in [-0.4, -0.2) is 25.0 Å². The fraction of sp³-hybridized carbons (Fsp3) is 0.222. The largest absolute Gasteiger partial charge is 0.452 e. The van der Waals surface area contributed by atoms with E-state index < -0.39 is 5.97 Å². The summed E-state index contributed by atoms with van der Waals surface area (Å²) in [6, 6.07) is 11.7. The molecule has 0 radical (unpaired) electrons. The molecule has 2 aromatic rings. The fourth-order valence-corrected chi connectivity index (χ4v) is 3.21. The van der Waals surface area contributed by atoms with E-state index in [9.17, 15) is 9.59 Å². The molecule has 118 valence electrons. The Labute approximate surface area is 139 Å². The predicted molar refractivity (Wildman–Crippen MR) is 91.4 cm³/mol. The third kappa shape index (κ3) is 3.87. The van der Waals surface area contributed by atoms with Gasteiger partial charge in [-0.15, -0.1) is 11.3 Å². The number of hydrogen-bond donors (Lipinski definition) is 0. The lowest BCUT2D eigenvalue weighted by molar-refractivity contribution is -0.142. The van der Waals surface area contributed by atoms with Gasteiger partial charge < -0.3 is 9.64 Å². The summed E-state index contributed by atoms with van der Waals surface area (Å²) in [5.41, 5.74) is 2.09. The van der Waals surface area contributed by atoms with Crippen molar-refractivity contribution in [1.29, 1.82) is 0 Å². The lowest BCUT2D eigenvalue weighted by atomic mass is 10.0. The van der Waals surface area contributed by atoms with Crippen molar-refractivity contribution in [2.45, 2.75) is 12.8 Å². The minimum absolute atomic E-state index is 0.185. The van der Waals surface area contributed by atoms with Crippen LogP contribution >= 0.6 is 11.3 Å². The number of aryl methyl sites for hydroxylation is 1. The lowest BCUT2D eigenvalue weighted by Gasteiger charge is -2.29. The number of carbonyl (C=O) groups is 2. The van der Waals surface area contributed by atoms with Gasteiger partial charge in [-0.1, -0.05) is 24.3 Å². The Bertz CT molecular complexity index is 722. The smallest absolute Gasteiger partial charge is 0.331 e. The zero-order chi connectivity index (χ0) is 16.1. The second-order valence-electron chi connectivity index (χ2n) is 5.23. The molecule has 0 N–H and O–H groups in total. The van der Waals surface area contributed by atoms with Gasteiger partial charge in [-0.3, -0.25) is 4.79 Å². The summed E-state index contributed by atoms with van der Waals surface area (Å²) in [7, 11) is 0. The number of amides is 1. The van der Waals surface area contributed by atoms with Crippen molar-refractivity contribution in [3.05, 3.63) is 58.3 Å². The van der Waals surface area contributed by atoms with Gasteiger partial charge in [0.15, 0.2) is 6.61 Å². The first-order valence-electron chi connectivity index (χ1n) is 7.50. The highest BCUT2D eigenvalue weighted by Gasteiger charge is 2.22. The zero-order valence-corrected chi connectivity index (χ0v) is 13.4. The Kier molecular flexibility index (Phi) is 4.88. The molecular weight excluding hydrogens is 310 g/mol. The van der Waals surface area contributed by atoms with E-state index in [1.807, 2.05) is 41.8 Å². The third-order valence-corrected chi connectivity index (χ3v) is 4.51. The summed E-state index contributed by atoms with van der Waals surface area (Å²) in [5, 5.41) is 1.93. The number of benzene rings is 1. The van der Waals surface area contributed by atoms with Crippen molar-refractivity contribution in [1.82, 2.24) is 0 Å². The minimum Gasteiger partial charge on any atom is -0.452 e. The average Bonchev–Trinajstić information content (AvgIpc) is 3.11. The van der Waals surface area contributed by atoms with Crippen molar-refractivity contribution in [3.63, 3.8) is 0 Å². The summed E-state index contributed by atoms with van der Waals surface area (Å²) >= 11 is 1.53. The monoisotopic (exact) mass is 327 g/mol. The molecule has 1 aliphatic rings. The highest BCUT2D eigenvalue weighted by Crippen LogP contribution is 2.26. The first-order valence-corrected chi connectivity index (χ1v) is 8.38. The molecule has 3 rings (SSSR count). The molecule has 0 unspecified atom stereocenters. The zero-order valence-electron chi connectivity index (χ0n) is 12.6. The topological polar surface area (TPSA) is 46.6 Å². The van der Waals surface area contributed by atoms with Crippen LogP contribution in [0, 0.1) is 0 Å². The SMILES string of the molecule is O=C(/C=C/c1cccs1)OCC(=O)N1CCCc2ccccc21. The van der Waals surface area contributed by atoms with Crippen LogP contribution in [0.3, 0.4) is 0 Å². The first-order chi connectivity index (χ1) is 11.2. The molecule has 1 aliphatic heterocycles. The number of ether oxygens (including phenoxy) is 1. The molecule has 0 fully saturated rings. The number of para-hydroxylation sites is 1. The molecule has 0 saturated heterocycles. The quantitative estimate of drug-likeness (QED) is 0.639. The van der Waals surface area contributed by atoms with Crippen molar-refractivity contribution < 1.29 is 14.3 Å². The van der Waals surface area contributed by atoms with Gasteiger partial charge in [0.25, 0.3) is 5.91 Å². The van der Waals surface area contributed by atoms with Gasteiger partial charge in [-0.2, -0.15) is 0 Å². The van der Waals surface area contributed by atoms with Crippen LogP contribution in [0.1, 0.15) is 16.9 Å². The van der Waals surface area contributed by atoms with Crippen LogP contribution < -0.4 is 4.90 Å². The van der Waals surface area contributed by atoms with E-state index in [4.69, 9.17) is 4.74 Å². The molecule has 2 heterocycles. The number of fused-ring (bicyclic) bond motifs is 1. The summed E-state index contributed by atoms with van der Waals surface area (Å²) in [4.78, 5) is 26.7. The van der Waals surface area contributed by atoms with Crippen LogP contribution in [0.15, 0.2) is 47.9 Å². The Morgan fingerprint density at radius 2 is 2.09 bits per heavy atom. The molecule has 0 bridgehead atoms. The Hall–Kier alpha value is -2.40. The van der Waals surface area contributed by atoms with Crippen LogP contribution in [0.4, 0.5) is 5.69 Å². The summed E-state index contributed by atoms with van der Waals surface area (Å²) in [6.07, 6.45) is 4.94. The normalized spacial score (nSPS) is 13.8. The average molecular weight is 327 g/mol. The van der Waals surface area contributed by atoms with Crippen LogP contribution in [0.5, 0.6) is 0 Å². The van der Waals surface area contributed by atoms with Crippen LogP contribution in [-0.2, 0) is 20.7 Å². The lowest BCUT2D eigenvalue weighted by Crippen LogP contribution is -2.38. The first kappa shape index (κ1) is 15.5. The maximum Gasteiger partial charge on any atom is 0.331 e. The molecule has 0 aliphatic carbocycles. The third-order valence-electron chi connectivity index (χ3n) is 3.68. The number of thiophene rings is 1. The molecule has 1 amide bonds. The summed E-state index contributed by atoms with van der Waals surface area (Å²) < 4.78 is 5.06. The molecule has 0 saturated carbocycles. The number of anilines is 1. The molecule has 23 heavy (non-hydrogen) atoms. The number of rotatable bonds is 4. The van der Waals surface area contributed by atoms with E-state index in [0.717, 1.165) is 29.0 Å². The number of esters is 1. The van der Waals surface area contributed by atoms with E-state index in [-0.39, 0.29) is 12.5 Å². The number of nitrogens with zero attached hydrogens (tertiary/aromatic N) is 1. The Morgan fingerprint density at radius 3 is 2.91 bits per heavy atom. The molecule has 4 nitrogen and oxygen atoms in total. The second-order valence-corrected chi connectivity index (χ2v) is 6.21. The Balaban J connectivity index is 1.57. The molecular formula is C18H17NO3S. The van der Waals surface area contributed by atoms with E-state index in [0.29, 0.717) is 6.54 Å². The molecule has 1 aromatic carbocycles. The van der Waals surface area contributed by atoms with Gasteiger partial charge in [-0.05, 0) is 42.0 Å². The molecule has 1 aromatic heterocycles. The van der Waals surface area contributed by atoms with Crippen molar-refractivity contribution >= 4 is 35.0 Å². The maximum absolute atomic E-state index is 12.3. The van der Waals surface area contributed by atoms with Crippen LogP contribution in [0.25, 0.3) is 6.08 Å². The highest BCUT2D eigenvalue weighted by molar-refractivity contribution is 7.10. The maximum atomic E-state index is 12.3. The van der Waals surface area contributed by atoms with Crippen LogP contribution in [0.2, 0.25) is 0 Å². The van der Waals surface area contributed by atoms with Gasteiger partial charge >= 0.3 is 5.97 Å². The van der Waals surface area contributed by atoms with E-state index in [1.165, 1.54) is 17.4 Å². The van der Waals surface area contributed by atoms with Gasteiger partial charge in [0.05, 0.1) is 0 Å². The standard InChI is InChI=1S/C18H17NO3S/c20-17(13-22-18(21)10-9-15-7-4-12-23-15)19-11-3-6-14-5-1-2-8-16(14)19/h1-2,4-5,7-10,12H,3,6,11,13H2/b10-9+. The van der Waals surface area contributed by atoms with Gasteiger partial charge in [-0.25, -0.2) is 4.79 Å². The highest BCUT2D eigenvalue weighted by atomic mass is 32.1. The van der Waals surface area contributed by atoms with Gasteiger partial charge in [0, 0.05) is 23.2 Å². The van der Waals surface area contributed by atoms with Gasteiger partial charge in [0.2, 0.25) is 0 Å². The number of hydrogen-bond acceptors (Lipinski definition) is 4. The fourth-order valence-electron chi connectivity index (χ4n) is 2.59. The molecule has 5 heteroatoms. The molecule has 0 atom stereocenters. The summed E-state index contributed by atoms with van der Waals surface area (Å²) in [6.45, 7) is 0.431. The summed E-state index contributed by atoms with van der Waals surface area (Å²) in [5.74, 6) is -0.688. The predicted octanol–water partition coefficient (Wildman–Crippen LogP) is 3.28.